The standard InChI is InChI=1S/C28H36N4O6S/c1-39-15-13-22(28(37)38)30-26(35)23(16-18-6-3-2-4-7-18)32-27(36)24(17-19-9-11-20(33)12-10-19)31-25(34)21-8-5-14-29-21/h2-4,6-7,9-12,21-24,29,33H,5,8,13-17H2,1H3,(H,30,35)(H,31,34)(H,32,36)(H,37,38). The lowest BCUT2D eigenvalue weighted by Crippen LogP contribution is -2.58. The average molecular weight is 557 g/mol. The molecule has 1 fully saturated rings. The number of aromatic hydroxyl groups is 1. The van der Waals surface area contributed by atoms with Crippen LogP contribution in [0.5, 0.6) is 5.75 Å². The van der Waals surface area contributed by atoms with Crippen LogP contribution in [0.25, 0.3) is 0 Å². The number of carboxylic acids is 1. The third kappa shape index (κ3) is 9.60. The second-order valence-electron chi connectivity index (χ2n) is 9.51. The molecule has 10 nitrogen and oxygen atoms in total. The number of rotatable bonds is 14. The lowest BCUT2D eigenvalue weighted by Gasteiger charge is -2.25. The van der Waals surface area contributed by atoms with Crippen molar-refractivity contribution in [1.82, 2.24) is 21.3 Å². The first-order valence-electron chi connectivity index (χ1n) is 12.9. The van der Waals surface area contributed by atoms with E-state index in [-0.39, 0.29) is 30.9 Å². The molecule has 1 saturated heterocycles. The molecule has 0 bridgehead atoms. The fraction of sp³-hybridized carbons (Fsp3) is 0.429. The summed E-state index contributed by atoms with van der Waals surface area (Å²) in [6.07, 6.45) is 3.87. The van der Waals surface area contributed by atoms with Crippen molar-refractivity contribution in [1.29, 1.82) is 0 Å². The predicted molar refractivity (Wildman–Crippen MR) is 149 cm³/mol. The van der Waals surface area contributed by atoms with Crippen LogP contribution in [0.4, 0.5) is 0 Å². The van der Waals surface area contributed by atoms with Crippen molar-refractivity contribution in [3.63, 3.8) is 0 Å². The lowest BCUT2D eigenvalue weighted by atomic mass is 10.0. The molecule has 1 heterocycles. The van der Waals surface area contributed by atoms with Gasteiger partial charge in [-0.05, 0) is 61.1 Å². The molecule has 2 aromatic rings. The smallest absolute Gasteiger partial charge is 0.326 e. The molecule has 3 amide bonds. The molecule has 39 heavy (non-hydrogen) atoms. The molecule has 11 heteroatoms. The zero-order valence-corrected chi connectivity index (χ0v) is 22.7. The maximum atomic E-state index is 13.6. The van der Waals surface area contributed by atoms with Gasteiger partial charge < -0.3 is 31.5 Å². The van der Waals surface area contributed by atoms with Crippen LogP contribution in [-0.2, 0) is 32.0 Å². The molecule has 6 N–H and O–H groups in total. The van der Waals surface area contributed by atoms with E-state index in [1.54, 1.807) is 12.1 Å². The number of carboxylic acid groups (broad SMARTS) is 1. The maximum absolute atomic E-state index is 13.6. The molecule has 4 atom stereocenters. The third-order valence-corrected chi connectivity index (χ3v) is 7.17. The van der Waals surface area contributed by atoms with E-state index in [2.05, 4.69) is 21.3 Å². The van der Waals surface area contributed by atoms with Crippen molar-refractivity contribution in [2.45, 2.75) is 56.3 Å². The van der Waals surface area contributed by atoms with Crippen LogP contribution in [0.1, 0.15) is 30.4 Å². The molecule has 1 aliphatic rings. The average Bonchev–Trinajstić information content (AvgIpc) is 3.47. The molecule has 2 aromatic carbocycles. The summed E-state index contributed by atoms with van der Waals surface area (Å²) in [6, 6.07) is 11.8. The van der Waals surface area contributed by atoms with Crippen molar-refractivity contribution in [3.05, 3.63) is 65.7 Å². The summed E-state index contributed by atoms with van der Waals surface area (Å²) in [4.78, 5) is 51.5. The summed E-state index contributed by atoms with van der Waals surface area (Å²) in [5.41, 5.74) is 1.49. The van der Waals surface area contributed by atoms with Crippen LogP contribution < -0.4 is 21.3 Å². The number of thioether (sulfide) groups is 1. The quantitative estimate of drug-likeness (QED) is 0.203. The van der Waals surface area contributed by atoms with Crippen molar-refractivity contribution in [2.24, 2.45) is 0 Å². The SMILES string of the molecule is CSCCC(NC(=O)C(Cc1ccccc1)NC(=O)C(Cc1ccc(O)cc1)NC(=O)C1CCCN1)C(=O)O. The molecular formula is C28H36N4O6S. The predicted octanol–water partition coefficient (Wildman–Crippen LogP) is 1.22. The van der Waals surface area contributed by atoms with Gasteiger partial charge in [-0.3, -0.25) is 14.4 Å². The minimum atomic E-state index is -1.15. The maximum Gasteiger partial charge on any atom is 0.326 e. The monoisotopic (exact) mass is 556 g/mol. The zero-order valence-electron chi connectivity index (χ0n) is 21.9. The van der Waals surface area contributed by atoms with Crippen molar-refractivity contribution >= 4 is 35.5 Å². The van der Waals surface area contributed by atoms with E-state index < -0.39 is 42.0 Å². The Bertz CT molecular complexity index is 1110. The molecule has 0 saturated carbocycles. The summed E-state index contributed by atoms with van der Waals surface area (Å²) >= 11 is 1.47. The van der Waals surface area contributed by atoms with E-state index in [0.717, 1.165) is 12.0 Å². The molecule has 1 aliphatic heterocycles. The zero-order chi connectivity index (χ0) is 28.2. The second kappa shape index (κ2) is 15.1. The minimum Gasteiger partial charge on any atom is -0.508 e. The first-order chi connectivity index (χ1) is 18.8. The van der Waals surface area contributed by atoms with Crippen LogP contribution in [0.15, 0.2) is 54.6 Å². The van der Waals surface area contributed by atoms with Gasteiger partial charge in [-0.1, -0.05) is 42.5 Å². The molecule has 3 rings (SSSR count). The Balaban J connectivity index is 1.81. The van der Waals surface area contributed by atoms with Gasteiger partial charge in [0.15, 0.2) is 0 Å². The van der Waals surface area contributed by atoms with E-state index in [1.165, 1.54) is 23.9 Å². The number of benzene rings is 2. The molecule has 0 spiro atoms. The van der Waals surface area contributed by atoms with Gasteiger partial charge in [-0.2, -0.15) is 11.8 Å². The van der Waals surface area contributed by atoms with Crippen molar-refractivity contribution < 1.29 is 29.4 Å². The highest BCUT2D eigenvalue weighted by Gasteiger charge is 2.31. The molecule has 0 aliphatic carbocycles. The van der Waals surface area contributed by atoms with Gasteiger partial charge >= 0.3 is 5.97 Å². The van der Waals surface area contributed by atoms with Gasteiger partial charge in [0.2, 0.25) is 17.7 Å². The van der Waals surface area contributed by atoms with E-state index in [1.807, 2.05) is 36.6 Å². The number of carbonyl (C=O) groups excluding carboxylic acids is 3. The van der Waals surface area contributed by atoms with E-state index in [4.69, 9.17) is 0 Å². The van der Waals surface area contributed by atoms with Crippen LogP contribution in [0.3, 0.4) is 0 Å². The summed E-state index contributed by atoms with van der Waals surface area (Å²) in [5, 5.41) is 30.5. The third-order valence-electron chi connectivity index (χ3n) is 6.53. The number of aliphatic carboxylic acids is 1. The topological polar surface area (TPSA) is 157 Å². The highest BCUT2D eigenvalue weighted by Crippen LogP contribution is 2.13. The van der Waals surface area contributed by atoms with E-state index in [9.17, 15) is 29.4 Å². The van der Waals surface area contributed by atoms with Gasteiger partial charge in [-0.25, -0.2) is 4.79 Å². The number of amides is 3. The second-order valence-corrected chi connectivity index (χ2v) is 10.5. The summed E-state index contributed by atoms with van der Waals surface area (Å²) in [5.74, 6) is -2.02. The summed E-state index contributed by atoms with van der Waals surface area (Å²) in [7, 11) is 0. The summed E-state index contributed by atoms with van der Waals surface area (Å²) in [6.45, 7) is 0.716. The fourth-order valence-electron chi connectivity index (χ4n) is 4.35. The van der Waals surface area contributed by atoms with Crippen LogP contribution in [-0.4, -0.2) is 76.6 Å². The first kappa shape index (κ1) is 30.0. The molecule has 0 aromatic heterocycles. The van der Waals surface area contributed by atoms with Crippen molar-refractivity contribution in [2.75, 3.05) is 18.6 Å². The number of carbonyl (C=O) groups is 4. The number of nitrogens with one attached hydrogen (secondary N) is 4. The van der Waals surface area contributed by atoms with Gasteiger partial charge in [-0.15, -0.1) is 0 Å². The highest BCUT2D eigenvalue weighted by molar-refractivity contribution is 7.98. The first-order valence-corrected chi connectivity index (χ1v) is 14.3. The number of hydrogen-bond acceptors (Lipinski definition) is 7. The Hall–Kier alpha value is -3.57. The van der Waals surface area contributed by atoms with Crippen LogP contribution >= 0.6 is 11.8 Å². The normalized spacial score (nSPS) is 17.0. The highest BCUT2D eigenvalue weighted by atomic mass is 32.2. The van der Waals surface area contributed by atoms with Crippen LogP contribution in [0, 0.1) is 0 Å². The van der Waals surface area contributed by atoms with Gasteiger partial charge in [0.25, 0.3) is 0 Å². The Morgan fingerprint density at radius 3 is 2.05 bits per heavy atom. The Morgan fingerprint density at radius 2 is 1.49 bits per heavy atom. The van der Waals surface area contributed by atoms with Gasteiger partial charge in [0.05, 0.1) is 6.04 Å². The van der Waals surface area contributed by atoms with E-state index >= 15 is 0 Å². The fourth-order valence-corrected chi connectivity index (χ4v) is 4.83. The summed E-state index contributed by atoms with van der Waals surface area (Å²) < 4.78 is 0. The Kier molecular flexibility index (Phi) is 11.6. The Labute approximate surface area is 232 Å². The molecule has 0 radical (unpaired) electrons. The van der Waals surface area contributed by atoms with Gasteiger partial charge in [0, 0.05) is 12.8 Å². The largest absolute Gasteiger partial charge is 0.508 e. The van der Waals surface area contributed by atoms with E-state index in [0.29, 0.717) is 24.3 Å². The van der Waals surface area contributed by atoms with Crippen LogP contribution in [0.2, 0.25) is 0 Å². The molecular weight excluding hydrogens is 520 g/mol. The Morgan fingerprint density at radius 1 is 0.897 bits per heavy atom. The molecule has 210 valence electrons. The number of phenolic OH excluding ortho intramolecular Hbond substituents is 1. The number of hydrogen-bond donors (Lipinski definition) is 6. The molecule has 4 unspecified atom stereocenters. The minimum absolute atomic E-state index is 0.0768. The van der Waals surface area contributed by atoms with Gasteiger partial charge in [0.1, 0.15) is 23.9 Å². The lowest BCUT2D eigenvalue weighted by molar-refractivity contribution is -0.142. The number of phenols is 1. The van der Waals surface area contributed by atoms with Crippen molar-refractivity contribution in [3.8, 4) is 5.75 Å².